The van der Waals surface area contributed by atoms with Crippen molar-refractivity contribution in [2.24, 2.45) is 0 Å². The Hall–Kier alpha value is -2.36. The quantitative estimate of drug-likeness (QED) is 0.861. The Kier molecular flexibility index (Phi) is 4.13. The molecule has 2 N–H and O–H groups in total. The number of hydrogen-bond donors (Lipinski definition) is 2. The van der Waals surface area contributed by atoms with Gasteiger partial charge in [0.05, 0.1) is 14.2 Å². The van der Waals surface area contributed by atoms with Crippen LogP contribution in [-0.4, -0.2) is 21.3 Å². The summed E-state index contributed by atoms with van der Waals surface area (Å²) in [6.07, 6.45) is 0. The van der Waals surface area contributed by atoms with Crippen molar-refractivity contribution in [3.63, 3.8) is 0 Å². The minimum absolute atomic E-state index is 0.708. The molecule has 2 aromatic carbocycles. The van der Waals surface area contributed by atoms with E-state index in [1.54, 1.807) is 14.2 Å². The van der Waals surface area contributed by atoms with E-state index in [9.17, 15) is 0 Å². The van der Waals surface area contributed by atoms with Gasteiger partial charge in [0.2, 0.25) is 0 Å². The van der Waals surface area contributed by atoms with E-state index in [1.807, 2.05) is 49.5 Å². The van der Waals surface area contributed by atoms with Crippen LogP contribution < -0.4 is 20.1 Å². The van der Waals surface area contributed by atoms with E-state index in [-0.39, 0.29) is 0 Å². The Morgan fingerprint density at radius 2 is 1.32 bits per heavy atom. The van der Waals surface area contributed by atoms with Gasteiger partial charge in [0.1, 0.15) is 0 Å². The van der Waals surface area contributed by atoms with Crippen molar-refractivity contribution in [1.82, 2.24) is 0 Å². The van der Waals surface area contributed by atoms with Crippen LogP contribution in [0.2, 0.25) is 0 Å². The lowest BCUT2D eigenvalue weighted by atomic mass is 10.2. The molecule has 0 aliphatic heterocycles. The Labute approximate surface area is 113 Å². The maximum atomic E-state index is 5.28. The third-order valence-corrected chi connectivity index (χ3v) is 2.85. The lowest BCUT2D eigenvalue weighted by Gasteiger charge is -2.11. The number of rotatable bonds is 5. The molecule has 19 heavy (non-hydrogen) atoms. The van der Waals surface area contributed by atoms with E-state index in [4.69, 9.17) is 9.47 Å². The first-order valence-electron chi connectivity index (χ1n) is 6.03. The highest BCUT2D eigenvalue weighted by Gasteiger charge is 2.04. The summed E-state index contributed by atoms with van der Waals surface area (Å²) in [5.74, 6) is 1.43. The summed E-state index contributed by atoms with van der Waals surface area (Å²) < 4.78 is 10.5. The van der Waals surface area contributed by atoms with Crippen molar-refractivity contribution in [2.45, 2.75) is 0 Å². The smallest absolute Gasteiger partial charge is 0.162 e. The molecule has 2 aromatic rings. The zero-order chi connectivity index (χ0) is 13.7. The number of ether oxygens (including phenoxy) is 2. The fourth-order valence-corrected chi connectivity index (χ4v) is 1.80. The van der Waals surface area contributed by atoms with E-state index in [0.717, 1.165) is 22.8 Å². The van der Waals surface area contributed by atoms with Gasteiger partial charge in [0.25, 0.3) is 0 Å². The van der Waals surface area contributed by atoms with Crippen molar-refractivity contribution < 1.29 is 9.47 Å². The van der Waals surface area contributed by atoms with Crippen LogP contribution in [0.5, 0.6) is 11.5 Å². The molecule has 0 heterocycles. The molecule has 4 heteroatoms. The first-order chi connectivity index (χ1) is 9.26. The molecule has 0 saturated carbocycles. The van der Waals surface area contributed by atoms with E-state index in [2.05, 4.69) is 10.6 Å². The first kappa shape index (κ1) is 13.1. The molecule has 0 spiro atoms. The average Bonchev–Trinajstić information content (AvgIpc) is 2.48. The SMILES string of the molecule is CNc1ccc(Nc2ccc(OC)c(OC)c2)cc1. The summed E-state index contributed by atoms with van der Waals surface area (Å²) in [6.45, 7) is 0. The molecule has 0 amide bonds. The van der Waals surface area contributed by atoms with Gasteiger partial charge in [0.15, 0.2) is 11.5 Å². The van der Waals surface area contributed by atoms with Gasteiger partial charge in [0, 0.05) is 30.2 Å². The number of methoxy groups -OCH3 is 2. The van der Waals surface area contributed by atoms with Crippen LogP contribution in [0.15, 0.2) is 42.5 Å². The molecule has 0 bridgehead atoms. The second-order valence-corrected chi connectivity index (χ2v) is 4.02. The fourth-order valence-electron chi connectivity index (χ4n) is 1.80. The molecule has 100 valence electrons. The van der Waals surface area contributed by atoms with Crippen LogP contribution in [0.1, 0.15) is 0 Å². The van der Waals surface area contributed by atoms with Gasteiger partial charge < -0.3 is 20.1 Å². The van der Waals surface area contributed by atoms with Gasteiger partial charge in [-0.3, -0.25) is 0 Å². The number of hydrogen-bond acceptors (Lipinski definition) is 4. The van der Waals surface area contributed by atoms with Gasteiger partial charge in [-0.2, -0.15) is 0 Å². The largest absolute Gasteiger partial charge is 0.493 e. The van der Waals surface area contributed by atoms with Gasteiger partial charge in [-0.15, -0.1) is 0 Å². The molecule has 0 aliphatic rings. The van der Waals surface area contributed by atoms with Crippen molar-refractivity contribution in [1.29, 1.82) is 0 Å². The summed E-state index contributed by atoms with van der Waals surface area (Å²) in [7, 11) is 5.15. The van der Waals surface area contributed by atoms with Gasteiger partial charge in [-0.05, 0) is 36.4 Å². The Morgan fingerprint density at radius 1 is 0.737 bits per heavy atom. The zero-order valence-corrected chi connectivity index (χ0v) is 11.4. The minimum atomic E-state index is 0.708. The van der Waals surface area contributed by atoms with Crippen molar-refractivity contribution in [3.8, 4) is 11.5 Å². The molecular formula is C15H18N2O2. The van der Waals surface area contributed by atoms with Crippen LogP contribution >= 0.6 is 0 Å². The zero-order valence-electron chi connectivity index (χ0n) is 11.4. The third-order valence-electron chi connectivity index (χ3n) is 2.85. The lowest BCUT2D eigenvalue weighted by molar-refractivity contribution is 0.355. The molecule has 0 aliphatic carbocycles. The lowest BCUT2D eigenvalue weighted by Crippen LogP contribution is -1.94. The molecule has 2 rings (SSSR count). The predicted octanol–water partition coefficient (Wildman–Crippen LogP) is 3.49. The molecule has 0 saturated heterocycles. The topological polar surface area (TPSA) is 42.5 Å². The normalized spacial score (nSPS) is 9.84. The van der Waals surface area contributed by atoms with Crippen LogP contribution in [0.4, 0.5) is 17.1 Å². The molecule has 0 atom stereocenters. The van der Waals surface area contributed by atoms with E-state index >= 15 is 0 Å². The van der Waals surface area contributed by atoms with Crippen LogP contribution in [-0.2, 0) is 0 Å². The Balaban J connectivity index is 2.18. The van der Waals surface area contributed by atoms with E-state index < -0.39 is 0 Å². The monoisotopic (exact) mass is 258 g/mol. The molecular weight excluding hydrogens is 240 g/mol. The molecule has 0 radical (unpaired) electrons. The summed E-state index contributed by atoms with van der Waals surface area (Å²) >= 11 is 0. The highest BCUT2D eigenvalue weighted by atomic mass is 16.5. The average molecular weight is 258 g/mol. The highest BCUT2D eigenvalue weighted by Crippen LogP contribution is 2.31. The standard InChI is InChI=1S/C15H18N2O2/c1-16-11-4-6-12(7-5-11)17-13-8-9-14(18-2)15(10-13)19-3/h4-10,16-17H,1-3H3. The fraction of sp³-hybridized carbons (Fsp3) is 0.200. The molecule has 0 aromatic heterocycles. The van der Waals surface area contributed by atoms with E-state index in [1.165, 1.54) is 0 Å². The van der Waals surface area contributed by atoms with Gasteiger partial charge in [-0.1, -0.05) is 0 Å². The second-order valence-electron chi connectivity index (χ2n) is 4.02. The van der Waals surface area contributed by atoms with Crippen molar-refractivity contribution in [3.05, 3.63) is 42.5 Å². The maximum Gasteiger partial charge on any atom is 0.162 e. The number of benzene rings is 2. The second kappa shape index (κ2) is 6.00. The van der Waals surface area contributed by atoms with Crippen molar-refractivity contribution in [2.75, 3.05) is 31.9 Å². The summed E-state index contributed by atoms with van der Waals surface area (Å²) in [5.41, 5.74) is 3.05. The highest BCUT2D eigenvalue weighted by molar-refractivity contribution is 5.65. The molecule has 4 nitrogen and oxygen atoms in total. The summed E-state index contributed by atoms with van der Waals surface area (Å²) in [5, 5.41) is 6.40. The van der Waals surface area contributed by atoms with Gasteiger partial charge >= 0.3 is 0 Å². The summed E-state index contributed by atoms with van der Waals surface area (Å²) in [4.78, 5) is 0. The van der Waals surface area contributed by atoms with E-state index in [0.29, 0.717) is 5.75 Å². The first-order valence-corrected chi connectivity index (χ1v) is 6.03. The Bertz CT molecular complexity index is 538. The number of anilines is 3. The van der Waals surface area contributed by atoms with Gasteiger partial charge in [-0.25, -0.2) is 0 Å². The van der Waals surface area contributed by atoms with Crippen LogP contribution in [0.25, 0.3) is 0 Å². The molecule has 0 unspecified atom stereocenters. The Morgan fingerprint density at radius 3 is 1.89 bits per heavy atom. The van der Waals surface area contributed by atoms with Crippen LogP contribution in [0.3, 0.4) is 0 Å². The minimum Gasteiger partial charge on any atom is -0.493 e. The predicted molar refractivity (Wildman–Crippen MR) is 78.8 cm³/mol. The third kappa shape index (κ3) is 3.10. The van der Waals surface area contributed by atoms with Crippen molar-refractivity contribution >= 4 is 17.1 Å². The number of nitrogens with one attached hydrogen (secondary N) is 2. The molecule has 0 fully saturated rings. The van der Waals surface area contributed by atoms with Crippen LogP contribution in [0, 0.1) is 0 Å². The summed E-state index contributed by atoms with van der Waals surface area (Å²) in [6, 6.07) is 13.8. The maximum absolute atomic E-state index is 5.28.